The highest BCUT2D eigenvalue weighted by atomic mass is 35.5. The monoisotopic (exact) mass is 396 g/mol. The molecular formula is C23H25ClN2O2. The zero-order valence-electron chi connectivity index (χ0n) is 16.8. The number of aromatic nitrogens is 1. The third-order valence-corrected chi connectivity index (χ3v) is 4.51. The predicted molar refractivity (Wildman–Crippen MR) is 116 cm³/mol. The number of amides is 1. The van der Waals surface area contributed by atoms with E-state index in [1.807, 2.05) is 77.1 Å². The Morgan fingerprint density at radius 3 is 2.32 bits per heavy atom. The number of carbonyl (C=O) groups is 1. The molecule has 3 rings (SSSR count). The molecule has 1 heterocycles. The van der Waals surface area contributed by atoms with Crippen LogP contribution in [0.4, 0.5) is 10.5 Å². The second-order valence-electron chi connectivity index (χ2n) is 7.88. The van der Waals surface area contributed by atoms with Crippen molar-refractivity contribution in [2.45, 2.75) is 40.2 Å². The summed E-state index contributed by atoms with van der Waals surface area (Å²) < 4.78 is 5.46. The predicted octanol–water partition coefficient (Wildman–Crippen LogP) is 6.97. The molecule has 0 saturated carbocycles. The molecule has 0 spiro atoms. The fourth-order valence-electron chi connectivity index (χ4n) is 3.11. The number of aryl methyl sites for hydroxylation is 2. The molecule has 3 aromatic rings. The van der Waals surface area contributed by atoms with Gasteiger partial charge in [-0.25, -0.2) is 4.79 Å². The standard InChI is InChI=1S/C23H25ClN2O2/c1-14-7-6-8-17(13-14)19-20(26-22(27)28-23(3,4)5)15(2)25-21(19)16-9-11-18(24)12-10-16/h6-13,25H,1-5H3,(H,26,27). The van der Waals surface area contributed by atoms with Crippen molar-refractivity contribution in [1.82, 2.24) is 4.98 Å². The third-order valence-electron chi connectivity index (χ3n) is 4.25. The van der Waals surface area contributed by atoms with Crippen molar-refractivity contribution in [3.8, 4) is 22.4 Å². The lowest BCUT2D eigenvalue weighted by Crippen LogP contribution is -2.27. The van der Waals surface area contributed by atoms with E-state index in [4.69, 9.17) is 16.3 Å². The van der Waals surface area contributed by atoms with Gasteiger partial charge in [0.25, 0.3) is 0 Å². The highest BCUT2D eigenvalue weighted by Gasteiger charge is 2.23. The summed E-state index contributed by atoms with van der Waals surface area (Å²) in [6, 6.07) is 15.8. The normalized spacial score (nSPS) is 11.4. The Labute approximate surface area is 170 Å². The van der Waals surface area contributed by atoms with Gasteiger partial charge < -0.3 is 9.72 Å². The number of carbonyl (C=O) groups excluding carboxylic acids is 1. The Bertz CT molecular complexity index is 998. The fourth-order valence-corrected chi connectivity index (χ4v) is 3.24. The fraction of sp³-hybridized carbons (Fsp3) is 0.261. The Morgan fingerprint density at radius 1 is 1.04 bits per heavy atom. The van der Waals surface area contributed by atoms with Crippen molar-refractivity contribution >= 4 is 23.4 Å². The first-order valence-electron chi connectivity index (χ1n) is 9.19. The highest BCUT2D eigenvalue weighted by molar-refractivity contribution is 6.30. The van der Waals surface area contributed by atoms with Crippen LogP contribution in [0.1, 0.15) is 32.0 Å². The van der Waals surface area contributed by atoms with Crippen molar-refractivity contribution in [3.63, 3.8) is 0 Å². The molecular weight excluding hydrogens is 372 g/mol. The summed E-state index contributed by atoms with van der Waals surface area (Å²) in [6.07, 6.45) is -0.480. The molecule has 0 aliphatic heterocycles. The van der Waals surface area contributed by atoms with E-state index >= 15 is 0 Å². The van der Waals surface area contributed by atoms with Crippen molar-refractivity contribution < 1.29 is 9.53 Å². The van der Waals surface area contributed by atoms with Gasteiger partial charge in [-0.1, -0.05) is 53.6 Å². The molecule has 0 radical (unpaired) electrons. The van der Waals surface area contributed by atoms with E-state index in [1.165, 1.54) is 0 Å². The molecule has 1 amide bonds. The summed E-state index contributed by atoms with van der Waals surface area (Å²) in [4.78, 5) is 15.9. The number of H-pyrrole nitrogens is 1. The summed E-state index contributed by atoms with van der Waals surface area (Å²) in [5, 5.41) is 3.61. The second-order valence-corrected chi connectivity index (χ2v) is 8.31. The zero-order chi connectivity index (χ0) is 20.5. The number of hydrogen-bond donors (Lipinski definition) is 2. The summed E-state index contributed by atoms with van der Waals surface area (Å²) in [7, 11) is 0. The highest BCUT2D eigenvalue weighted by Crippen LogP contribution is 2.40. The number of rotatable bonds is 3. The third kappa shape index (κ3) is 4.57. The Kier molecular flexibility index (Phi) is 5.52. The zero-order valence-corrected chi connectivity index (χ0v) is 17.6. The van der Waals surface area contributed by atoms with Gasteiger partial charge in [0.05, 0.1) is 11.4 Å². The van der Waals surface area contributed by atoms with Crippen LogP contribution in [-0.2, 0) is 4.74 Å². The molecule has 1 aromatic heterocycles. The van der Waals surface area contributed by atoms with Crippen molar-refractivity contribution in [1.29, 1.82) is 0 Å². The molecule has 5 heteroatoms. The maximum absolute atomic E-state index is 12.5. The first-order chi connectivity index (χ1) is 13.1. The van der Waals surface area contributed by atoms with E-state index in [0.717, 1.165) is 33.6 Å². The van der Waals surface area contributed by atoms with Crippen LogP contribution in [-0.4, -0.2) is 16.7 Å². The molecule has 2 N–H and O–H groups in total. The van der Waals surface area contributed by atoms with Gasteiger partial charge in [0, 0.05) is 16.3 Å². The number of halogens is 1. The van der Waals surface area contributed by atoms with E-state index in [1.54, 1.807) is 0 Å². The maximum atomic E-state index is 12.5. The Morgan fingerprint density at radius 2 is 1.71 bits per heavy atom. The minimum absolute atomic E-state index is 0.480. The number of nitrogens with one attached hydrogen (secondary N) is 2. The largest absolute Gasteiger partial charge is 0.444 e. The van der Waals surface area contributed by atoms with E-state index in [9.17, 15) is 4.79 Å². The smallest absolute Gasteiger partial charge is 0.412 e. The quantitative estimate of drug-likeness (QED) is 0.502. The molecule has 0 atom stereocenters. The number of hydrogen-bond acceptors (Lipinski definition) is 2. The molecule has 28 heavy (non-hydrogen) atoms. The average Bonchev–Trinajstić information content (AvgIpc) is 2.90. The summed E-state index contributed by atoms with van der Waals surface area (Å²) >= 11 is 6.06. The van der Waals surface area contributed by atoms with Gasteiger partial charge in [-0.3, -0.25) is 5.32 Å². The summed E-state index contributed by atoms with van der Waals surface area (Å²) in [5.74, 6) is 0. The van der Waals surface area contributed by atoms with E-state index in [-0.39, 0.29) is 0 Å². The van der Waals surface area contributed by atoms with Crippen molar-refractivity contribution in [2.24, 2.45) is 0 Å². The number of ether oxygens (including phenoxy) is 1. The maximum Gasteiger partial charge on any atom is 0.412 e. The minimum atomic E-state index is -0.573. The Balaban J connectivity index is 2.13. The molecule has 4 nitrogen and oxygen atoms in total. The van der Waals surface area contributed by atoms with Crippen LogP contribution >= 0.6 is 11.6 Å². The number of anilines is 1. The molecule has 0 fully saturated rings. The molecule has 2 aromatic carbocycles. The van der Waals surface area contributed by atoms with Gasteiger partial charge in [-0.2, -0.15) is 0 Å². The van der Waals surface area contributed by atoms with Gasteiger partial charge >= 0.3 is 6.09 Å². The van der Waals surface area contributed by atoms with Crippen molar-refractivity contribution in [2.75, 3.05) is 5.32 Å². The van der Waals surface area contributed by atoms with Crippen molar-refractivity contribution in [3.05, 3.63) is 64.8 Å². The topological polar surface area (TPSA) is 54.1 Å². The van der Waals surface area contributed by atoms with Gasteiger partial charge in [-0.05, 0) is 57.9 Å². The summed E-state index contributed by atoms with van der Waals surface area (Å²) in [6.45, 7) is 9.52. The van der Waals surface area contributed by atoms with E-state index < -0.39 is 11.7 Å². The van der Waals surface area contributed by atoms with Crippen LogP contribution in [0, 0.1) is 13.8 Å². The molecule has 0 saturated heterocycles. The van der Waals surface area contributed by atoms with Gasteiger partial charge in [-0.15, -0.1) is 0 Å². The van der Waals surface area contributed by atoms with Crippen LogP contribution in [0.5, 0.6) is 0 Å². The molecule has 146 valence electrons. The minimum Gasteiger partial charge on any atom is -0.444 e. The Hall–Kier alpha value is -2.72. The van der Waals surface area contributed by atoms with E-state index in [2.05, 4.69) is 16.4 Å². The lowest BCUT2D eigenvalue weighted by molar-refractivity contribution is 0.0636. The van der Waals surface area contributed by atoms with Crippen LogP contribution in [0.25, 0.3) is 22.4 Å². The van der Waals surface area contributed by atoms with Gasteiger partial charge in [0.2, 0.25) is 0 Å². The van der Waals surface area contributed by atoms with E-state index in [0.29, 0.717) is 10.7 Å². The van der Waals surface area contributed by atoms with Gasteiger partial charge in [0.15, 0.2) is 0 Å². The molecule has 0 unspecified atom stereocenters. The lowest BCUT2D eigenvalue weighted by atomic mass is 9.98. The lowest BCUT2D eigenvalue weighted by Gasteiger charge is -2.20. The number of benzene rings is 2. The first-order valence-corrected chi connectivity index (χ1v) is 9.57. The first kappa shape index (κ1) is 20.0. The van der Waals surface area contributed by atoms with Crippen LogP contribution in [0.2, 0.25) is 5.02 Å². The average molecular weight is 397 g/mol. The molecule has 0 bridgehead atoms. The summed E-state index contributed by atoms with van der Waals surface area (Å²) in [5.41, 5.74) is 5.98. The molecule has 0 aliphatic carbocycles. The van der Waals surface area contributed by atoms with Crippen LogP contribution < -0.4 is 5.32 Å². The molecule has 0 aliphatic rings. The van der Waals surface area contributed by atoms with Gasteiger partial charge in [0.1, 0.15) is 5.60 Å². The van der Waals surface area contributed by atoms with Crippen LogP contribution in [0.3, 0.4) is 0 Å². The van der Waals surface area contributed by atoms with Crippen LogP contribution in [0.15, 0.2) is 48.5 Å². The SMILES string of the molecule is Cc1cccc(-c2c(-c3ccc(Cl)cc3)[nH]c(C)c2NC(=O)OC(C)(C)C)c1. The second kappa shape index (κ2) is 7.72. The number of aromatic amines is 1.